The average molecular weight is 566 g/mol. The molecule has 0 spiro atoms. The molecule has 1 amide bonds. The zero-order valence-corrected chi connectivity index (χ0v) is 27.2. The summed E-state index contributed by atoms with van der Waals surface area (Å²) in [5.74, 6) is 2.10. The van der Waals surface area contributed by atoms with Crippen LogP contribution < -0.4 is 5.32 Å². The predicted molar refractivity (Wildman–Crippen MR) is 170 cm³/mol. The molecule has 1 saturated heterocycles. The molecule has 0 bridgehead atoms. The number of hydrogen-bond donors (Lipinski definition) is 1. The van der Waals surface area contributed by atoms with Gasteiger partial charge < -0.3 is 19.9 Å². The maximum absolute atomic E-state index is 12.2. The smallest absolute Gasteiger partial charge is 0.220 e. The summed E-state index contributed by atoms with van der Waals surface area (Å²) in [6.45, 7) is 18.2. The molecule has 1 aliphatic heterocycles. The first-order valence-electron chi connectivity index (χ1n) is 17.2. The van der Waals surface area contributed by atoms with Crippen LogP contribution in [0.25, 0.3) is 0 Å². The lowest BCUT2D eigenvalue weighted by Gasteiger charge is -2.35. The van der Waals surface area contributed by atoms with E-state index in [1.165, 1.54) is 90.5 Å². The molecular weight excluding hydrogens is 498 g/mol. The number of ketones is 1. The Kier molecular flexibility index (Phi) is 23.8. The van der Waals surface area contributed by atoms with Gasteiger partial charge in [0.1, 0.15) is 5.78 Å². The summed E-state index contributed by atoms with van der Waals surface area (Å²) in [6, 6.07) is 0. The third-order valence-electron chi connectivity index (χ3n) is 8.19. The summed E-state index contributed by atoms with van der Waals surface area (Å²) >= 11 is 0. The monoisotopic (exact) mass is 566 g/mol. The van der Waals surface area contributed by atoms with Gasteiger partial charge in [0.2, 0.25) is 5.91 Å². The van der Waals surface area contributed by atoms with Gasteiger partial charge in [-0.1, -0.05) is 79.1 Å². The number of nitrogens with one attached hydrogen (secondary N) is 1. The number of carbonyl (C=O) groups is 2. The Morgan fingerprint density at radius 2 is 1.07 bits per heavy atom. The molecule has 0 radical (unpaired) electrons. The number of amides is 1. The number of Topliss-reactive ketones (excluding diaryl/α,β-unsaturated/α-hetero) is 1. The van der Waals surface area contributed by atoms with Gasteiger partial charge in [0.15, 0.2) is 0 Å². The largest absolute Gasteiger partial charge is 0.380 e. The molecule has 0 atom stereocenters. The molecule has 1 fully saturated rings. The molecule has 6 nitrogen and oxygen atoms in total. The zero-order valence-electron chi connectivity index (χ0n) is 27.2. The van der Waals surface area contributed by atoms with Gasteiger partial charge >= 0.3 is 0 Å². The molecule has 40 heavy (non-hydrogen) atoms. The molecule has 0 aromatic heterocycles. The summed E-state index contributed by atoms with van der Waals surface area (Å²) in [5.41, 5.74) is 0. The van der Waals surface area contributed by atoms with Gasteiger partial charge in [0, 0.05) is 58.6 Å². The number of rotatable bonds is 27. The summed E-state index contributed by atoms with van der Waals surface area (Å²) in [4.78, 5) is 29.3. The number of hydrogen-bond acceptors (Lipinski definition) is 5. The summed E-state index contributed by atoms with van der Waals surface area (Å²) in [7, 11) is 0. The van der Waals surface area contributed by atoms with Gasteiger partial charge in [0.05, 0.1) is 6.61 Å². The van der Waals surface area contributed by atoms with E-state index in [-0.39, 0.29) is 5.91 Å². The molecule has 236 valence electrons. The van der Waals surface area contributed by atoms with E-state index in [0.717, 1.165) is 64.0 Å². The summed E-state index contributed by atoms with van der Waals surface area (Å²) in [6.07, 6.45) is 18.9. The lowest BCUT2D eigenvalue weighted by molar-refractivity contribution is -0.121. The molecule has 0 aromatic carbocycles. The van der Waals surface area contributed by atoms with E-state index in [4.69, 9.17) is 4.74 Å². The fraction of sp³-hybridized carbons (Fsp3) is 0.941. The highest BCUT2D eigenvalue weighted by molar-refractivity contribution is 5.78. The van der Waals surface area contributed by atoms with Crippen molar-refractivity contribution in [2.45, 2.75) is 137 Å². The van der Waals surface area contributed by atoms with E-state index < -0.39 is 0 Å². The van der Waals surface area contributed by atoms with Crippen LogP contribution in [0.1, 0.15) is 137 Å². The van der Waals surface area contributed by atoms with Crippen LogP contribution in [0.15, 0.2) is 0 Å². The number of piperazine rings is 1. The fourth-order valence-corrected chi connectivity index (χ4v) is 5.25. The lowest BCUT2D eigenvalue weighted by atomic mass is 10.0. The highest BCUT2D eigenvalue weighted by atomic mass is 16.5. The van der Waals surface area contributed by atoms with Gasteiger partial charge in [-0.3, -0.25) is 9.59 Å². The van der Waals surface area contributed by atoms with Crippen molar-refractivity contribution in [3.05, 3.63) is 0 Å². The second-order valence-corrected chi connectivity index (χ2v) is 13.0. The highest BCUT2D eigenvalue weighted by Gasteiger charge is 2.16. The van der Waals surface area contributed by atoms with Crippen LogP contribution in [0.2, 0.25) is 0 Å². The quantitative estimate of drug-likeness (QED) is 0.106. The lowest BCUT2D eigenvalue weighted by Crippen LogP contribution is -2.46. The molecule has 6 heteroatoms. The Hall–Kier alpha value is -0.980. The number of nitrogens with zero attached hydrogens (tertiary/aromatic N) is 2. The zero-order chi connectivity index (χ0) is 29.3. The normalized spacial score (nSPS) is 14.8. The maximum Gasteiger partial charge on any atom is 0.220 e. The van der Waals surface area contributed by atoms with Crippen molar-refractivity contribution in [1.29, 1.82) is 0 Å². The standard InChI is InChI=1S/C34H67N3O3/c1-31(2)20-24-37-27-25-36(26-28-37)23-16-15-18-33(38)17-13-11-9-7-5-6-8-10-12-14-19-34(39)35-22-30-40-29-21-32(3)4/h31-32H,5-30H2,1-4H3,(H,35,39). The van der Waals surface area contributed by atoms with Crippen LogP contribution in [0.3, 0.4) is 0 Å². The van der Waals surface area contributed by atoms with Crippen molar-refractivity contribution in [3.63, 3.8) is 0 Å². The Labute approximate surface area is 248 Å². The number of carbonyl (C=O) groups excluding carboxylic acids is 2. The van der Waals surface area contributed by atoms with Crippen LogP contribution in [0, 0.1) is 11.8 Å². The topological polar surface area (TPSA) is 61.9 Å². The second kappa shape index (κ2) is 25.7. The maximum atomic E-state index is 12.2. The Bertz CT molecular complexity index is 603. The SMILES string of the molecule is CC(C)CCOCCNC(=O)CCCCCCCCCCCCC(=O)CCCCN1CCN(CCC(C)C)CC1. The molecule has 1 rings (SSSR count). The van der Waals surface area contributed by atoms with E-state index in [1.54, 1.807) is 0 Å². The Morgan fingerprint density at radius 3 is 1.62 bits per heavy atom. The Morgan fingerprint density at radius 1 is 0.600 bits per heavy atom. The molecule has 1 heterocycles. The van der Waals surface area contributed by atoms with Crippen molar-refractivity contribution < 1.29 is 14.3 Å². The summed E-state index contributed by atoms with van der Waals surface area (Å²) < 4.78 is 5.53. The molecule has 0 aliphatic carbocycles. The molecule has 1 aliphatic rings. The van der Waals surface area contributed by atoms with Crippen LogP contribution in [0.4, 0.5) is 0 Å². The number of unbranched alkanes of at least 4 members (excludes halogenated alkanes) is 10. The van der Waals surface area contributed by atoms with E-state index in [9.17, 15) is 9.59 Å². The average Bonchev–Trinajstić information content (AvgIpc) is 2.92. The van der Waals surface area contributed by atoms with Crippen LogP contribution in [-0.4, -0.2) is 80.5 Å². The second-order valence-electron chi connectivity index (χ2n) is 13.0. The minimum absolute atomic E-state index is 0.160. The van der Waals surface area contributed by atoms with Crippen LogP contribution in [-0.2, 0) is 14.3 Å². The van der Waals surface area contributed by atoms with E-state index in [1.807, 2.05) is 0 Å². The van der Waals surface area contributed by atoms with E-state index >= 15 is 0 Å². The highest BCUT2D eigenvalue weighted by Crippen LogP contribution is 2.13. The predicted octanol–water partition coefficient (Wildman–Crippen LogP) is 7.25. The van der Waals surface area contributed by atoms with Gasteiger partial charge in [0.25, 0.3) is 0 Å². The fourth-order valence-electron chi connectivity index (χ4n) is 5.25. The molecule has 1 N–H and O–H groups in total. The van der Waals surface area contributed by atoms with Crippen molar-refractivity contribution in [2.24, 2.45) is 11.8 Å². The van der Waals surface area contributed by atoms with Crippen molar-refractivity contribution >= 4 is 11.7 Å². The first-order chi connectivity index (χ1) is 19.4. The first kappa shape index (κ1) is 37.0. The van der Waals surface area contributed by atoms with E-state index in [2.05, 4.69) is 42.8 Å². The molecule has 0 aromatic rings. The third kappa shape index (κ3) is 23.7. The van der Waals surface area contributed by atoms with Crippen molar-refractivity contribution in [3.8, 4) is 0 Å². The van der Waals surface area contributed by atoms with E-state index in [0.29, 0.717) is 31.3 Å². The molecule has 0 unspecified atom stereocenters. The van der Waals surface area contributed by atoms with Gasteiger partial charge in [-0.15, -0.1) is 0 Å². The molecule has 0 saturated carbocycles. The molecular formula is C34H67N3O3. The number of ether oxygens (including phenoxy) is 1. The third-order valence-corrected chi connectivity index (χ3v) is 8.19. The van der Waals surface area contributed by atoms with Gasteiger partial charge in [-0.2, -0.15) is 0 Å². The Balaban J connectivity index is 1.78. The first-order valence-corrected chi connectivity index (χ1v) is 17.2. The van der Waals surface area contributed by atoms with Crippen LogP contribution in [0.5, 0.6) is 0 Å². The minimum Gasteiger partial charge on any atom is -0.380 e. The van der Waals surface area contributed by atoms with Crippen LogP contribution >= 0.6 is 0 Å². The van der Waals surface area contributed by atoms with Crippen molar-refractivity contribution in [1.82, 2.24) is 15.1 Å². The van der Waals surface area contributed by atoms with Gasteiger partial charge in [-0.25, -0.2) is 0 Å². The van der Waals surface area contributed by atoms with Crippen molar-refractivity contribution in [2.75, 3.05) is 59.0 Å². The summed E-state index contributed by atoms with van der Waals surface area (Å²) in [5, 5.41) is 2.96. The van der Waals surface area contributed by atoms with Gasteiger partial charge in [-0.05, 0) is 63.5 Å². The minimum atomic E-state index is 0.160.